The molecule has 0 heterocycles. The highest BCUT2D eigenvalue weighted by atomic mass is 31.1. The molecule has 0 fully saturated rings. The lowest BCUT2D eigenvalue weighted by Crippen LogP contribution is -2.12. The second kappa shape index (κ2) is 11.7. The van der Waals surface area contributed by atoms with Crippen molar-refractivity contribution in [2.24, 2.45) is 0 Å². The Hall–Kier alpha value is -1.81. The summed E-state index contributed by atoms with van der Waals surface area (Å²) in [6, 6.07) is 8.11. The largest absolute Gasteiger partial charge is 0.507 e. The lowest BCUT2D eigenvalue weighted by atomic mass is 9.83. The average molecular weight is 491 g/mol. The first-order chi connectivity index (χ1) is 15.7. The Bertz CT molecular complexity index is 920. The predicted octanol–water partition coefficient (Wildman–Crippen LogP) is 7.30. The van der Waals surface area contributed by atoms with Gasteiger partial charge in [-0.25, -0.2) is 0 Å². The summed E-state index contributed by atoms with van der Waals surface area (Å²) in [6.45, 7) is 17.1. The number of rotatable bonds is 10. The zero-order chi connectivity index (χ0) is 25.7. The number of benzene rings is 2. The van der Waals surface area contributed by atoms with E-state index in [0.29, 0.717) is 24.7 Å². The van der Waals surface area contributed by atoms with Crippen molar-refractivity contribution in [3.63, 3.8) is 0 Å². The van der Waals surface area contributed by atoms with Crippen LogP contribution in [0.5, 0.6) is 11.5 Å². The normalized spacial score (nSPS) is 12.5. The first-order valence-electron chi connectivity index (χ1n) is 12.2. The maximum atomic E-state index is 12.1. The summed E-state index contributed by atoms with van der Waals surface area (Å²) in [4.78, 5) is 0. The van der Waals surface area contributed by atoms with Gasteiger partial charge in [0.1, 0.15) is 11.5 Å². The number of phenolic OH excluding ortho intramolecular Hbond substituents is 2. The van der Waals surface area contributed by atoms with Crippen LogP contribution in [0.15, 0.2) is 24.3 Å². The zero-order valence-electron chi connectivity index (χ0n) is 22.2. The predicted molar refractivity (Wildman–Crippen MR) is 141 cm³/mol. The van der Waals surface area contributed by atoms with Crippen LogP contribution in [0.1, 0.15) is 87.8 Å². The van der Waals surface area contributed by atoms with Gasteiger partial charge in [0.2, 0.25) is 0 Å². The molecule has 0 atom stereocenters. The molecule has 5 nitrogen and oxygen atoms in total. The maximum Gasteiger partial charge on any atom is 0.319 e. The van der Waals surface area contributed by atoms with E-state index in [1.54, 1.807) is 0 Å². The van der Waals surface area contributed by atoms with E-state index in [9.17, 15) is 14.8 Å². The van der Waals surface area contributed by atoms with Crippen molar-refractivity contribution >= 4 is 8.25 Å². The van der Waals surface area contributed by atoms with Crippen LogP contribution < -0.4 is 0 Å². The Morgan fingerprint density at radius 3 is 1.38 bits per heavy atom. The van der Waals surface area contributed by atoms with E-state index in [0.717, 1.165) is 59.1 Å². The smallest absolute Gasteiger partial charge is 0.319 e. The Kier molecular flexibility index (Phi) is 9.82. The molecule has 0 saturated heterocycles. The van der Waals surface area contributed by atoms with E-state index in [1.165, 1.54) is 0 Å². The van der Waals surface area contributed by atoms with Gasteiger partial charge in [-0.3, -0.25) is 4.57 Å². The molecule has 2 N–H and O–H groups in total. The van der Waals surface area contributed by atoms with E-state index in [1.807, 2.05) is 26.0 Å². The number of aromatic hydroxyl groups is 2. The Morgan fingerprint density at radius 2 is 1.06 bits per heavy atom. The van der Waals surface area contributed by atoms with Crippen molar-refractivity contribution in [2.75, 3.05) is 13.2 Å². The van der Waals surface area contributed by atoms with Gasteiger partial charge < -0.3 is 19.3 Å². The van der Waals surface area contributed by atoms with Gasteiger partial charge >= 0.3 is 8.25 Å². The molecule has 0 aliphatic carbocycles. The van der Waals surface area contributed by atoms with Gasteiger partial charge in [0.05, 0.1) is 13.2 Å². The first-order valence-corrected chi connectivity index (χ1v) is 13.4. The van der Waals surface area contributed by atoms with Gasteiger partial charge in [0, 0.05) is 0 Å². The molecule has 0 bridgehead atoms. The van der Waals surface area contributed by atoms with Crippen LogP contribution >= 0.6 is 8.25 Å². The topological polar surface area (TPSA) is 76.0 Å². The number of hydrogen-bond acceptors (Lipinski definition) is 5. The molecule has 190 valence electrons. The van der Waals surface area contributed by atoms with E-state index < -0.39 is 8.25 Å². The summed E-state index contributed by atoms with van der Waals surface area (Å²) in [6.07, 6.45) is 3.04. The molecule has 2 aromatic carbocycles. The van der Waals surface area contributed by atoms with Crippen LogP contribution in [0.3, 0.4) is 0 Å². The number of phenols is 2. The molecule has 0 aliphatic heterocycles. The molecule has 2 rings (SSSR count). The lowest BCUT2D eigenvalue weighted by Gasteiger charge is -2.22. The molecule has 2 aromatic rings. The minimum atomic E-state index is -2.52. The molecule has 6 heteroatoms. The summed E-state index contributed by atoms with van der Waals surface area (Å²) in [7, 11) is -2.52. The molecule has 0 spiro atoms. The second-order valence-electron chi connectivity index (χ2n) is 11.3. The van der Waals surface area contributed by atoms with Crippen molar-refractivity contribution < 1.29 is 23.8 Å². The molecular weight excluding hydrogens is 447 g/mol. The average Bonchev–Trinajstić information content (AvgIpc) is 2.71. The van der Waals surface area contributed by atoms with Crippen LogP contribution in [0.25, 0.3) is 0 Å². The molecular formula is C28H43O5P. The summed E-state index contributed by atoms with van der Waals surface area (Å²) < 4.78 is 22.9. The van der Waals surface area contributed by atoms with Gasteiger partial charge in [-0.15, -0.1) is 0 Å². The summed E-state index contributed by atoms with van der Waals surface area (Å²) >= 11 is 0. The fourth-order valence-corrected chi connectivity index (χ4v) is 4.75. The third-order valence-corrected chi connectivity index (χ3v) is 6.88. The fraction of sp³-hybridized carbons (Fsp3) is 0.571. The molecule has 0 radical (unpaired) electrons. The lowest BCUT2D eigenvalue weighted by molar-refractivity contribution is 0.222. The van der Waals surface area contributed by atoms with Crippen molar-refractivity contribution in [3.05, 3.63) is 57.6 Å². The first kappa shape index (κ1) is 28.4. The third kappa shape index (κ3) is 8.15. The fourth-order valence-electron chi connectivity index (χ4n) is 4.05. The Labute approximate surface area is 206 Å². The van der Waals surface area contributed by atoms with Crippen LogP contribution in [-0.2, 0) is 37.3 Å². The summed E-state index contributed by atoms with van der Waals surface area (Å²) in [5, 5.41) is 20.7. The Balaban J connectivity index is 1.76. The molecule has 0 amide bonds. The third-order valence-electron chi connectivity index (χ3n) is 6.00. The van der Waals surface area contributed by atoms with Crippen molar-refractivity contribution in [2.45, 2.75) is 91.9 Å². The molecule has 0 aromatic heterocycles. The minimum absolute atomic E-state index is 0.131. The van der Waals surface area contributed by atoms with E-state index in [4.69, 9.17) is 9.05 Å². The second-order valence-corrected chi connectivity index (χ2v) is 12.3. The van der Waals surface area contributed by atoms with E-state index >= 15 is 0 Å². The van der Waals surface area contributed by atoms with Crippen molar-refractivity contribution in [3.8, 4) is 11.5 Å². The van der Waals surface area contributed by atoms with E-state index in [-0.39, 0.29) is 10.8 Å². The quantitative estimate of drug-likeness (QED) is 0.270. The molecule has 0 saturated carbocycles. The van der Waals surface area contributed by atoms with Gasteiger partial charge in [0.15, 0.2) is 0 Å². The maximum absolute atomic E-state index is 12.1. The highest BCUT2D eigenvalue weighted by molar-refractivity contribution is 7.33. The minimum Gasteiger partial charge on any atom is -0.507 e. The van der Waals surface area contributed by atoms with E-state index in [2.05, 4.69) is 53.7 Å². The van der Waals surface area contributed by atoms with Gasteiger partial charge in [-0.2, -0.15) is 0 Å². The molecule has 0 aliphatic rings. The van der Waals surface area contributed by atoms with Crippen LogP contribution in [0.2, 0.25) is 0 Å². The van der Waals surface area contributed by atoms with Crippen molar-refractivity contribution in [1.82, 2.24) is 0 Å². The number of hydrogen-bond donors (Lipinski definition) is 2. The van der Waals surface area contributed by atoms with Crippen molar-refractivity contribution in [1.29, 1.82) is 0 Å². The van der Waals surface area contributed by atoms with Crippen LogP contribution in [-0.4, -0.2) is 23.4 Å². The number of aryl methyl sites for hydroxylation is 4. The molecule has 0 unspecified atom stereocenters. The molecule has 34 heavy (non-hydrogen) atoms. The standard InChI is InChI=1S/C28H43O5P/c1-19-15-21(17-23(25(19)29)27(3,4)5)11-9-13-32-34(31)33-14-10-12-22-16-20(2)26(30)24(18-22)28(6,7)8/h15-18,29-30,34H,9-14H2,1-8H3. The summed E-state index contributed by atoms with van der Waals surface area (Å²) in [5.41, 5.74) is 5.66. The Morgan fingerprint density at radius 1 is 0.706 bits per heavy atom. The van der Waals surface area contributed by atoms with Gasteiger partial charge in [-0.1, -0.05) is 65.8 Å². The monoisotopic (exact) mass is 490 g/mol. The van der Waals surface area contributed by atoms with Crippen LogP contribution in [0, 0.1) is 13.8 Å². The van der Waals surface area contributed by atoms with Gasteiger partial charge in [0.25, 0.3) is 0 Å². The summed E-state index contributed by atoms with van der Waals surface area (Å²) in [5.74, 6) is 0.728. The van der Waals surface area contributed by atoms with Crippen LogP contribution in [0.4, 0.5) is 0 Å². The highest BCUT2D eigenvalue weighted by Gasteiger charge is 2.21. The zero-order valence-corrected chi connectivity index (χ0v) is 23.2. The SMILES string of the molecule is Cc1cc(CCCO[PH](=O)OCCCc2cc(C)c(O)c(C(C)(C)C)c2)cc(C(C)(C)C)c1O. The highest BCUT2D eigenvalue weighted by Crippen LogP contribution is 2.35. The van der Waals surface area contributed by atoms with Gasteiger partial charge in [-0.05, 0) is 83.7 Å².